The molecule has 1 saturated carbocycles. The van der Waals surface area contributed by atoms with Gasteiger partial charge in [-0.05, 0) is 37.6 Å². The van der Waals surface area contributed by atoms with Crippen LogP contribution >= 0.6 is 0 Å². The summed E-state index contributed by atoms with van der Waals surface area (Å²) in [5, 5.41) is 8.86. The van der Waals surface area contributed by atoms with Crippen molar-refractivity contribution >= 4 is 5.97 Å². The first-order chi connectivity index (χ1) is 9.02. The van der Waals surface area contributed by atoms with Crippen LogP contribution in [-0.2, 0) is 11.2 Å². The Balaban J connectivity index is 1.86. The molecule has 0 radical (unpaired) electrons. The van der Waals surface area contributed by atoms with Gasteiger partial charge in [-0.1, -0.05) is 6.07 Å². The lowest BCUT2D eigenvalue weighted by Crippen LogP contribution is -2.26. The van der Waals surface area contributed by atoms with Crippen LogP contribution in [0.3, 0.4) is 0 Å². The van der Waals surface area contributed by atoms with Crippen molar-refractivity contribution in [1.29, 1.82) is 0 Å². The first-order valence-electron chi connectivity index (χ1n) is 6.28. The molecule has 0 bridgehead atoms. The highest BCUT2D eigenvalue weighted by molar-refractivity contribution is 5.74. The van der Waals surface area contributed by atoms with E-state index < -0.39 is 5.97 Å². The van der Waals surface area contributed by atoms with Crippen molar-refractivity contribution in [2.45, 2.75) is 18.9 Å². The summed E-state index contributed by atoms with van der Waals surface area (Å²) in [5.74, 6) is -1.09. The molecule has 1 N–H and O–H groups in total. The third-order valence-corrected chi connectivity index (χ3v) is 3.61. The van der Waals surface area contributed by atoms with Gasteiger partial charge in [0.1, 0.15) is 0 Å². The van der Waals surface area contributed by atoms with E-state index in [1.807, 2.05) is 18.0 Å². The number of carboxylic acids is 1. The number of likely N-dealkylation sites (N-methyl/N-ethyl adjacent to an activating group) is 1. The number of hydrogen-bond acceptors (Lipinski definition) is 3. The van der Waals surface area contributed by atoms with Gasteiger partial charge in [-0.15, -0.1) is 0 Å². The Hall–Kier alpha value is -1.62. The van der Waals surface area contributed by atoms with E-state index >= 15 is 0 Å². The van der Waals surface area contributed by atoms with E-state index in [0.29, 0.717) is 12.8 Å². The lowest BCUT2D eigenvalue weighted by atomic mass is 10.1. The Bertz CT molecular complexity index is 478. The second-order valence-electron chi connectivity index (χ2n) is 4.95. The Kier molecular flexibility index (Phi) is 4.04. The quantitative estimate of drug-likeness (QED) is 0.853. The molecule has 1 aliphatic carbocycles. The Labute approximate surface area is 111 Å². The summed E-state index contributed by atoms with van der Waals surface area (Å²) in [4.78, 5) is 12.8. The highest BCUT2D eigenvalue weighted by Crippen LogP contribution is 2.35. The molecule has 5 heteroatoms. The maximum atomic E-state index is 13.5. The summed E-state index contributed by atoms with van der Waals surface area (Å²) in [6.45, 7) is 0.722. The van der Waals surface area contributed by atoms with Crippen LogP contribution in [0.4, 0.5) is 4.39 Å². The smallest absolute Gasteiger partial charge is 0.308 e. The maximum Gasteiger partial charge on any atom is 0.308 e. The predicted molar refractivity (Wildman–Crippen MR) is 68.8 cm³/mol. The van der Waals surface area contributed by atoms with Crippen LogP contribution in [0.5, 0.6) is 5.75 Å². The molecule has 0 aliphatic heterocycles. The number of aliphatic carboxylic acids is 1. The number of methoxy groups -OCH3 is 1. The zero-order valence-corrected chi connectivity index (χ0v) is 11.1. The second kappa shape index (κ2) is 5.57. The highest BCUT2D eigenvalue weighted by atomic mass is 19.1. The van der Waals surface area contributed by atoms with Gasteiger partial charge in [-0.2, -0.15) is 0 Å². The Morgan fingerprint density at radius 3 is 2.84 bits per heavy atom. The number of carbonyl (C=O) groups is 1. The minimum atomic E-state index is -0.729. The molecule has 19 heavy (non-hydrogen) atoms. The lowest BCUT2D eigenvalue weighted by Gasteiger charge is -2.16. The molecule has 0 heterocycles. The van der Waals surface area contributed by atoms with Crippen LogP contribution < -0.4 is 4.74 Å². The molecule has 1 aromatic carbocycles. The molecule has 0 spiro atoms. The fourth-order valence-corrected chi connectivity index (χ4v) is 2.27. The molecule has 104 valence electrons. The highest BCUT2D eigenvalue weighted by Gasteiger charge is 2.45. The molecule has 2 unspecified atom stereocenters. The Morgan fingerprint density at radius 2 is 2.32 bits per heavy atom. The van der Waals surface area contributed by atoms with Gasteiger partial charge in [0.15, 0.2) is 11.6 Å². The third-order valence-electron chi connectivity index (χ3n) is 3.61. The Morgan fingerprint density at radius 1 is 1.58 bits per heavy atom. The van der Waals surface area contributed by atoms with Crippen LogP contribution in [0.15, 0.2) is 18.2 Å². The minimum Gasteiger partial charge on any atom is -0.494 e. The van der Waals surface area contributed by atoms with E-state index in [1.54, 1.807) is 6.07 Å². The van der Waals surface area contributed by atoms with Gasteiger partial charge >= 0.3 is 5.97 Å². The predicted octanol–water partition coefficient (Wildman–Crippen LogP) is 1.78. The van der Waals surface area contributed by atoms with Crippen molar-refractivity contribution in [3.63, 3.8) is 0 Å². The molecular weight excluding hydrogens is 249 g/mol. The van der Waals surface area contributed by atoms with E-state index in [2.05, 4.69) is 0 Å². The molecule has 0 saturated heterocycles. The average molecular weight is 267 g/mol. The second-order valence-corrected chi connectivity index (χ2v) is 4.95. The average Bonchev–Trinajstić information content (AvgIpc) is 3.16. The van der Waals surface area contributed by atoms with Crippen molar-refractivity contribution in [2.24, 2.45) is 5.92 Å². The molecule has 1 fully saturated rings. The molecule has 1 aromatic rings. The first-order valence-corrected chi connectivity index (χ1v) is 6.28. The molecular formula is C14H18FNO3. The van der Waals surface area contributed by atoms with Gasteiger partial charge in [0.05, 0.1) is 13.0 Å². The van der Waals surface area contributed by atoms with E-state index in [1.165, 1.54) is 13.2 Å². The molecule has 2 rings (SSSR count). The lowest BCUT2D eigenvalue weighted by molar-refractivity contribution is -0.138. The van der Waals surface area contributed by atoms with Gasteiger partial charge in [-0.3, -0.25) is 4.79 Å². The third kappa shape index (κ3) is 3.23. The molecule has 0 aromatic heterocycles. The topological polar surface area (TPSA) is 49.8 Å². The summed E-state index contributed by atoms with van der Waals surface area (Å²) >= 11 is 0. The van der Waals surface area contributed by atoms with Crippen LogP contribution in [-0.4, -0.2) is 42.7 Å². The normalized spacial score (nSPS) is 21.5. The molecule has 1 aliphatic rings. The summed E-state index contributed by atoms with van der Waals surface area (Å²) in [6.07, 6.45) is 1.41. The fraction of sp³-hybridized carbons (Fsp3) is 0.500. The molecule has 0 amide bonds. The standard InChI is InChI=1S/C14H18FNO3/c1-16(12-8-10(12)14(17)18)6-5-9-3-4-13(19-2)11(15)7-9/h3-4,7,10,12H,5-6,8H2,1-2H3,(H,17,18). The SMILES string of the molecule is COc1ccc(CCN(C)C2CC2C(=O)O)cc1F. The van der Waals surface area contributed by atoms with E-state index in [4.69, 9.17) is 9.84 Å². The van der Waals surface area contributed by atoms with Crippen LogP contribution in [0, 0.1) is 11.7 Å². The van der Waals surface area contributed by atoms with Crippen LogP contribution in [0.25, 0.3) is 0 Å². The van der Waals surface area contributed by atoms with E-state index in [0.717, 1.165) is 12.1 Å². The van der Waals surface area contributed by atoms with Crippen molar-refractivity contribution in [3.8, 4) is 5.75 Å². The molecule has 4 nitrogen and oxygen atoms in total. The van der Waals surface area contributed by atoms with Gasteiger partial charge < -0.3 is 14.7 Å². The molecule has 2 atom stereocenters. The number of carboxylic acid groups (broad SMARTS) is 1. The summed E-state index contributed by atoms with van der Waals surface area (Å²) in [7, 11) is 3.35. The fourth-order valence-electron chi connectivity index (χ4n) is 2.27. The minimum absolute atomic E-state index is 0.126. The zero-order valence-electron chi connectivity index (χ0n) is 11.1. The monoisotopic (exact) mass is 267 g/mol. The summed E-state index contributed by atoms with van der Waals surface area (Å²) in [6, 6.07) is 5.04. The van der Waals surface area contributed by atoms with Gasteiger partial charge in [0, 0.05) is 12.6 Å². The van der Waals surface area contributed by atoms with Gasteiger partial charge in [0.25, 0.3) is 0 Å². The van der Waals surface area contributed by atoms with Gasteiger partial charge in [0.2, 0.25) is 0 Å². The van der Waals surface area contributed by atoms with Gasteiger partial charge in [-0.25, -0.2) is 4.39 Å². The number of benzene rings is 1. The van der Waals surface area contributed by atoms with Crippen molar-refractivity contribution in [1.82, 2.24) is 4.90 Å². The van der Waals surface area contributed by atoms with E-state index in [-0.39, 0.29) is 23.5 Å². The summed E-state index contributed by atoms with van der Waals surface area (Å²) in [5.41, 5.74) is 0.887. The van der Waals surface area contributed by atoms with Crippen LogP contribution in [0.2, 0.25) is 0 Å². The first kappa shape index (κ1) is 13.8. The summed E-state index contributed by atoms with van der Waals surface area (Å²) < 4.78 is 18.4. The number of rotatable bonds is 6. The van der Waals surface area contributed by atoms with Crippen molar-refractivity contribution in [3.05, 3.63) is 29.6 Å². The number of hydrogen-bond donors (Lipinski definition) is 1. The maximum absolute atomic E-state index is 13.5. The number of halogens is 1. The van der Waals surface area contributed by atoms with Crippen molar-refractivity contribution < 1.29 is 19.0 Å². The zero-order chi connectivity index (χ0) is 14.0. The largest absolute Gasteiger partial charge is 0.494 e. The van der Waals surface area contributed by atoms with Crippen LogP contribution in [0.1, 0.15) is 12.0 Å². The van der Waals surface area contributed by atoms with E-state index in [9.17, 15) is 9.18 Å². The number of ether oxygens (including phenoxy) is 1. The number of nitrogens with zero attached hydrogens (tertiary/aromatic N) is 1. The van der Waals surface area contributed by atoms with Crippen molar-refractivity contribution in [2.75, 3.05) is 20.7 Å².